The Morgan fingerprint density at radius 1 is 1.39 bits per heavy atom. The molecular formula is C15H17NO2. The summed E-state index contributed by atoms with van der Waals surface area (Å²) in [4.78, 5) is 4.34. The van der Waals surface area contributed by atoms with Crippen LogP contribution >= 0.6 is 0 Å². The molecule has 1 saturated heterocycles. The van der Waals surface area contributed by atoms with Gasteiger partial charge in [0.25, 0.3) is 0 Å². The number of hydrogen-bond donors (Lipinski definition) is 1. The van der Waals surface area contributed by atoms with Gasteiger partial charge in [0.1, 0.15) is 0 Å². The first-order valence-electron chi connectivity index (χ1n) is 6.37. The van der Waals surface area contributed by atoms with Gasteiger partial charge < -0.3 is 9.84 Å². The molecule has 18 heavy (non-hydrogen) atoms. The molecule has 1 fully saturated rings. The number of hydrogen-bond acceptors (Lipinski definition) is 3. The van der Waals surface area contributed by atoms with E-state index in [1.807, 2.05) is 37.3 Å². The van der Waals surface area contributed by atoms with Crippen LogP contribution in [0.15, 0.2) is 36.5 Å². The summed E-state index contributed by atoms with van der Waals surface area (Å²) in [6, 6.07) is 9.97. The first-order chi connectivity index (χ1) is 8.67. The fourth-order valence-electron chi connectivity index (χ4n) is 2.68. The van der Waals surface area contributed by atoms with Crippen LogP contribution in [0.25, 0.3) is 10.9 Å². The van der Waals surface area contributed by atoms with Crippen LogP contribution in [0.1, 0.15) is 25.3 Å². The molecule has 3 rings (SSSR count). The van der Waals surface area contributed by atoms with Crippen LogP contribution in [0.4, 0.5) is 0 Å². The van der Waals surface area contributed by atoms with Crippen molar-refractivity contribution in [1.82, 2.24) is 4.98 Å². The summed E-state index contributed by atoms with van der Waals surface area (Å²) in [7, 11) is 0. The van der Waals surface area contributed by atoms with Gasteiger partial charge in [-0.3, -0.25) is 4.98 Å². The van der Waals surface area contributed by atoms with Gasteiger partial charge in [0.2, 0.25) is 0 Å². The Balaban J connectivity index is 2.02. The highest BCUT2D eigenvalue weighted by Gasteiger charge is 2.35. The lowest BCUT2D eigenvalue weighted by Crippen LogP contribution is -2.37. The van der Waals surface area contributed by atoms with Crippen LogP contribution in [0, 0.1) is 0 Å². The van der Waals surface area contributed by atoms with Crippen molar-refractivity contribution in [3.63, 3.8) is 0 Å². The van der Waals surface area contributed by atoms with Crippen molar-refractivity contribution < 1.29 is 9.84 Å². The first-order valence-corrected chi connectivity index (χ1v) is 6.37. The van der Waals surface area contributed by atoms with E-state index in [0.29, 0.717) is 19.4 Å². The van der Waals surface area contributed by atoms with Gasteiger partial charge in [0.05, 0.1) is 23.8 Å². The minimum atomic E-state index is -0.774. The molecule has 0 saturated carbocycles. The maximum Gasteiger partial charge on any atom is 0.0943 e. The van der Waals surface area contributed by atoms with E-state index in [9.17, 15) is 5.11 Å². The van der Waals surface area contributed by atoms with Crippen molar-refractivity contribution >= 4 is 10.9 Å². The minimum absolute atomic E-state index is 0.100. The molecule has 0 aliphatic carbocycles. The largest absolute Gasteiger partial charge is 0.385 e. The monoisotopic (exact) mass is 243 g/mol. The number of fused-ring (bicyclic) bond motifs is 1. The normalized spacial score (nSPS) is 28.4. The van der Waals surface area contributed by atoms with Gasteiger partial charge in [-0.05, 0) is 24.6 Å². The van der Waals surface area contributed by atoms with Crippen molar-refractivity contribution in [3.8, 4) is 0 Å². The van der Waals surface area contributed by atoms with Gasteiger partial charge in [-0.15, -0.1) is 0 Å². The molecule has 0 bridgehead atoms. The SMILES string of the molecule is CC1CC(O)(c2ccc3cccnc3c2)CCO1. The summed E-state index contributed by atoms with van der Waals surface area (Å²) in [6.45, 7) is 2.61. The van der Waals surface area contributed by atoms with E-state index in [1.165, 1.54) is 0 Å². The zero-order chi connectivity index (χ0) is 12.6. The summed E-state index contributed by atoms with van der Waals surface area (Å²) in [6.07, 6.45) is 3.17. The molecule has 94 valence electrons. The lowest BCUT2D eigenvalue weighted by molar-refractivity contribution is -0.101. The van der Waals surface area contributed by atoms with Crippen LogP contribution < -0.4 is 0 Å². The zero-order valence-electron chi connectivity index (χ0n) is 10.5. The van der Waals surface area contributed by atoms with Crippen molar-refractivity contribution in [3.05, 3.63) is 42.1 Å². The van der Waals surface area contributed by atoms with Gasteiger partial charge in [0, 0.05) is 24.4 Å². The highest BCUT2D eigenvalue weighted by Crippen LogP contribution is 2.35. The van der Waals surface area contributed by atoms with Crippen molar-refractivity contribution in [2.45, 2.75) is 31.5 Å². The molecule has 0 radical (unpaired) electrons. The van der Waals surface area contributed by atoms with Crippen LogP contribution in [0.2, 0.25) is 0 Å². The first kappa shape index (κ1) is 11.6. The third kappa shape index (κ3) is 2.00. The van der Waals surface area contributed by atoms with Crippen LogP contribution in [0.5, 0.6) is 0 Å². The molecule has 3 nitrogen and oxygen atoms in total. The van der Waals surface area contributed by atoms with E-state index in [4.69, 9.17) is 4.74 Å². The predicted molar refractivity (Wildman–Crippen MR) is 70.3 cm³/mol. The van der Waals surface area contributed by atoms with E-state index in [2.05, 4.69) is 4.98 Å². The third-order valence-electron chi connectivity index (χ3n) is 3.69. The summed E-state index contributed by atoms with van der Waals surface area (Å²) in [5, 5.41) is 11.9. The Morgan fingerprint density at radius 2 is 2.28 bits per heavy atom. The summed E-state index contributed by atoms with van der Waals surface area (Å²) < 4.78 is 5.51. The highest BCUT2D eigenvalue weighted by atomic mass is 16.5. The summed E-state index contributed by atoms with van der Waals surface area (Å²) in [5.74, 6) is 0. The Kier molecular flexibility index (Phi) is 2.80. The maximum atomic E-state index is 10.8. The quantitative estimate of drug-likeness (QED) is 0.837. The lowest BCUT2D eigenvalue weighted by atomic mass is 9.83. The number of ether oxygens (including phenoxy) is 1. The predicted octanol–water partition coefficient (Wildman–Crippen LogP) is 2.62. The summed E-state index contributed by atoms with van der Waals surface area (Å²) in [5.41, 5.74) is 1.11. The second kappa shape index (κ2) is 4.34. The van der Waals surface area contributed by atoms with E-state index in [1.54, 1.807) is 6.20 Å². The number of aliphatic hydroxyl groups is 1. The minimum Gasteiger partial charge on any atom is -0.385 e. The Bertz CT molecular complexity index is 569. The van der Waals surface area contributed by atoms with Crippen LogP contribution in [0.3, 0.4) is 0 Å². The molecule has 2 atom stereocenters. The van der Waals surface area contributed by atoms with Gasteiger partial charge in [0.15, 0.2) is 0 Å². The summed E-state index contributed by atoms with van der Waals surface area (Å²) >= 11 is 0. The molecule has 1 aromatic heterocycles. The van der Waals surface area contributed by atoms with E-state index in [-0.39, 0.29) is 6.10 Å². The molecule has 1 N–H and O–H groups in total. The molecule has 0 spiro atoms. The number of nitrogens with zero attached hydrogens (tertiary/aromatic N) is 1. The van der Waals surface area contributed by atoms with E-state index >= 15 is 0 Å². The second-order valence-electron chi connectivity index (χ2n) is 5.08. The topological polar surface area (TPSA) is 42.4 Å². The molecule has 2 aromatic rings. The fraction of sp³-hybridized carbons (Fsp3) is 0.400. The molecule has 2 unspecified atom stereocenters. The van der Waals surface area contributed by atoms with E-state index < -0.39 is 5.60 Å². The smallest absolute Gasteiger partial charge is 0.0943 e. The number of rotatable bonds is 1. The van der Waals surface area contributed by atoms with Crippen LogP contribution in [-0.4, -0.2) is 22.8 Å². The molecule has 0 amide bonds. The molecule has 1 aromatic carbocycles. The maximum absolute atomic E-state index is 10.8. The molecule has 1 aliphatic heterocycles. The Morgan fingerprint density at radius 3 is 3.11 bits per heavy atom. The molecule has 2 heterocycles. The average Bonchev–Trinajstić information content (AvgIpc) is 2.38. The Hall–Kier alpha value is -1.45. The van der Waals surface area contributed by atoms with Crippen molar-refractivity contribution in [1.29, 1.82) is 0 Å². The number of aromatic nitrogens is 1. The molecule has 1 aliphatic rings. The van der Waals surface area contributed by atoms with Gasteiger partial charge in [-0.25, -0.2) is 0 Å². The lowest BCUT2D eigenvalue weighted by Gasteiger charge is -2.36. The second-order valence-corrected chi connectivity index (χ2v) is 5.08. The van der Waals surface area contributed by atoms with Crippen LogP contribution in [-0.2, 0) is 10.3 Å². The zero-order valence-corrected chi connectivity index (χ0v) is 10.5. The number of pyridine rings is 1. The molecule has 3 heteroatoms. The fourth-order valence-corrected chi connectivity index (χ4v) is 2.68. The van der Waals surface area contributed by atoms with E-state index in [0.717, 1.165) is 16.5 Å². The van der Waals surface area contributed by atoms with Gasteiger partial charge >= 0.3 is 0 Å². The van der Waals surface area contributed by atoms with Crippen molar-refractivity contribution in [2.24, 2.45) is 0 Å². The molecular weight excluding hydrogens is 226 g/mol. The van der Waals surface area contributed by atoms with Crippen molar-refractivity contribution in [2.75, 3.05) is 6.61 Å². The average molecular weight is 243 g/mol. The number of benzene rings is 1. The highest BCUT2D eigenvalue weighted by molar-refractivity contribution is 5.79. The van der Waals surface area contributed by atoms with Gasteiger partial charge in [-0.2, -0.15) is 0 Å². The van der Waals surface area contributed by atoms with Gasteiger partial charge in [-0.1, -0.05) is 18.2 Å². The third-order valence-corrected chi connectivity index (χ3v) is 3.69. The Labute approximate surface area is 106 Å². The standard InChI is InChI=1S/C15H17NO2/c1-11-10-15(17,6-8-18-11)13-5-4-12-3-2-7-16-14(12)9-13/h2-5,7,9,11,17H,6,8,10H2,1H3.